The molecule has 0 saturated carbocycles. The second-order valence-electron chi connectivity index (χ2n) is 7.73. The average molecular weight is 380 g/mol. The van der Waals surface area contributed by atoms with Gasteiger partial charge in [-0.25, -0.2) is 0 Å². The molecule has 1 aromatic carbocycles. The third-order valence-corrected chi connectivity index (χ3v) is 6.26. The number of nitrogens with one attached hydrogen (secondary N) is 1. The van der Waals surface area contributed by atoms with Gasteiger partial charge < -0.3 is 15.0 Å². The van der Waals surface area contributed by atoms with Crippen LogP contribution >= 0.6 is 11.6 Å². The molecule has 0 radical (unpaired) electrons. The molecule has 2 heterocycles. The van der Waals surface area contributed by atoms with Gasteiger partial charge in [0, 0.05) is 31.8 Å². The molecule has 1 spiro atoms. The summed E-state index contributed by atoms with van der Waals surface area (Å²) in [5.41, 5.74) is 1.27. The topological polar surface area (TPSA) is 44.8 Å². The largest absolute Gasteiger partial charge is 0.383 e. The Morgan fingerprint density at radius 3 is 2.81 bits per heavy atom. The molecule has 2 aliphatic rings. The van der Waals surface area contributed by atoms with Gasteiger partial charge in [-0.05, 0) is 56.4 Å². The summed E-state index contributed by atoms with van der Waals surface area (Å²) in [4.78, 5) is 17.5. The molecule has 2 aliphatic heterocycles. The van der Waals surface area contributed by atoms with E-state index < -0.39 is 0 Å². The van der Waals surface area contributed by atoms with Gasteiger partial charge in [-0.2, -0.15) is 0 Å². The summed E-state index contributed by atoms with van der Waals surface area (Å²) in [7, 11) is 3.76. The van der Waals surface area contributed by atoms with Crippen LogP contribution in [0.2, 0.25) is 5.02 Å². The zero-order chi connectivity index (χ0) is 18.6. The number of halogens is 1. The van der Waals surface area contributed by atoms with Gasteiger partial charge >= 0.3 is 0 Å². The number of likely N-dealkylation sites (tertiary alicyclic amines) is 1. The van der Waals surface area contributed by atoms with Gasteiger partial charge in [0.1, 0.15) is 0 Å². The van der Waals surface area contributed by atoms with Gasteiger partial charge in [0.25, 0.3) is 0 Å². The molecule has 1 atom stereocenters. The Bertz CT molecular complexity index is 619. The van der Waals surface area contributed by atoms with Crippen molar-refractivity contribution in [1.82, 2.24) is 15.1 Å². The number of carbonyl (C=O) groups excluding carboxylic acids is 1. The number of piperidine rings is 1. The van der Waals surface area contributed by atoms with Gasteiger partial charge in [-0.15, -0.1) is 0 Å². The highest BCUT2D eigenvalue weighted by molar-refractivity contribution is 6.31. The molecule has 5 nitrogen and oxygen atoms in total. The fraction of sp³-hybridized carbons (Fsp3) is 0.650. The van der Waals surface area contributed by atoms with Crippen molar-refractivity contribution in [2.24, 2.45) is 5.41 Å². The van der Waals surface area contributed by atoms with Crippen molar-refractivity contribution in [2.45, 2.75) is 31.8 Å². The summed E-state index contributed by atoms with van der Waals surface area (Å²) in [5.74, 6) is 0.194. The van der Waals surface area contributed by atoms with E-state index in [1.807, 2.05) is 29.2 Å². The van der Waals surface area contributed by atoms with Gasteiger partial charge in [-0.3, -0.25) is 9.69 Å². The molecule has 0 aliphatic carbocycles. The zero-order valence-electron chi connectivity index (χ0n) is 15.8. The van der Waals surface area contributed by atoms with E-state index in [1.54, 1.807) is 7.11 Å². The van der Waals surface area contributed by atoms with Crippen LogP contribution in [0.15, 0.2) is 24.3 Å². The third kappa shape index (κ3) is 4.39. The molecule has 1 aromatic rings. The average Bonchev–Trinajstić information content (AvgIpc) is 2.95. The quantitative estimate of drug-likeness (QED) is 0.824. The lowest BCUT2D eigenvalue weighted by molar-refractivity contribution is -0.137. The number of rotatable bonds is 6. The summed E-state index contributed by atoms with van der Waals surface area (Å²) in [6.45, 7) is 4.76. The fourth-order valence-corrected chi connectivity index (χ4v) is 4.57. The fourth-order valence-electron chi connectivity index (χ4n) is 4.38. The van der Waals surface area contributed by atoms with E-state index in [4.69, 9.17) is 16.3 Å². The van der Waals surface area contributed by atoms with Gasteiger partial charge in [0.15, 0.2) is 0 Å². The van der Waals surface area contributed by atoms with Crippen LogP contribution in [0.3, 0.4) is 0 Å². The van der Waals surface area contributed by atoms with Crippen molar-refractivity contribution < 1.29 is 9.53 Å². The lowest BCUT2D eigenvalue weighted by atomic mass is 9.77. The molecular formula is C20H30ClN3O2. The zero-order valence-corrected chi connectivity index (χ0v) is 16.6. The standard InChI is InChI=1S/C20H30ClN3O2/c1-23-15-20(7-9-22-10-8-20)13-18(23)19(25)24(11-12-26-2)14-16-5-3-4-6-17(16)21/h3-6,18,22H,7-15H2,1-2H3. The Balaban J connectivity index is 1.73. The Labute approximate surface area is 161 Å². The number of methoxy groups -OCH3 is 1. The Morgan fingerprint density at radius 1 is 1.38 bits per heavy atom. The van der Waals surface area contributed by atoms with Crippen LogP contribution in [-0.4, -0.2) is 68.7 Å². The first-order valence-corrected chi connectivity index (χ1v) is 9.84. The van der Waals surface area contributed by atoms with E-state index in [1.165, 1.54) is 0 Å². The molecule has 144 valence electrons. The first kappa shape index (κ1) is 19.6. The minimum absolute atomic E-state index is 0.0487. The second kappa shape index (κ2) is 8.70. The third-order valence-electron chi connectivity index (χ3n) is 5.89. The number of hydrogen-bond acceptors (Lipinski definition) is 4. The van der Waals surface area contributed by atoms with Crippen LogP contribution in [-0.2, 0) is 16.1 Å². The maximum atomic E-state index is 13.4. The first-order valence-electron chi connectivity index (χ1n) is 9.47. The number of ether oxygens (including phenoxy) is 1. The maximum Gasteiger partial charge on any atom is 0.240 e. The SMILES string of the molecule is COCCN(Cc1ccccc1Cl)C(=O)C1CC2(CCNCC2)CN1C. The number of nitrogens with zero attached hydrogens (tertiary/aromatic N) is 2. The predicted molar refractivity (Wildman–Crippen MR) is 104 cm³/mol. The number of hydrogen-bond donors (Lipinski definition) is 1. The van der Waals surface area contributed by atoms with Crippen LogP contribution in [0.4, 0.5) is 0 Å². The van der Waals surface area contributed by atoms with E-state index in [9.17, 15) is 4.79 Å². The van der Waals surface area contributed by atoms with Crippen molar-refractivity contribution in [3.05, 3.63) is 34.9 Å². The summed E-state index contributed by atoms with van der Waals surface area (Å²) in [5, 5.41) is 4.15. The van der Waals surface area contributed by atoms with Crippen molar-refractivity contribution in [1.29, 1.82) is 0 Å². The van der Waals surface area contributed by atoms with E-state index >= 15 is 0 Å². The van der Waals surface area contributed by atoms with Crippen molar-refractivity contribution >= 4 is 17.5 Å². The molecule has 6 heteroatoms. The molecule has 2 saturated heterocycles. The Kier molecular flexibility index (Phi) is 6.56. The van der Waals surface area contributed by atoms with Crippen LogP contribution in [0.1, 0.15) is 24.8 Å². The van der Waals surface area contributed by atoms with Gasteiger partial charge in [0.2, 0.25) is 5.91 Å². The minimum Gasteiger partial charge on any atom is -0.383 e. The number of likely N-dealkylation sites (N-methyl/N-ethyl adjacent to an activating group) is 1. The highest BCUT2D eigenvalue weighted by Crippen LogP contribution is 2.41. The summed E-state index contributed by atoms with van der Waals surface area (Å²) < 4.78 is 5.24. The van der Waals surface area contributed by atoms with E-state index in [-0.39, 0.29) is 17.4 Å². The van der Waals surface area contributed by atoms with Crippen LogP contribution in [0, 0.1) is 5.41 Å². The summed E-state index contributed by atoms with van der Waals surface area (Å²) in [6.07, 6.45) is 3.27. The predicted octanol–water partition coefficient (Wildman–Crippen LogP) is 2.39. The first-order chi connectivity index (χ1) is 12.5. The summed E-state index contributed by atoms with van der Waals surface area (Å²) in [6, 6.07) is 7.70. The number of amides is 1. The number of carbonyl (C=O) groups is 1. The van der Waals surface area contributed by atoms with Crippen LogP contribution in [0.5, 0.6) is 0 Å². The molecule has 1 N–H and O–H groups in total. The number of benzene rings is 1. The molecule has 1 amide bonds. The van der Waals surface area contributed by atoms with Crippen molar-refractivity contribution in [2.75, 3.05) is 46.9 Å². The molecule has 26 heavy (non-hydrogen) atoms. The van der Waals surface area contributed by atoms with Gasteiger partial charge in [-0.1, -0.05) is 29.8 Å². The van der Waals surface area contributed by atoms with Gasteiger partial charge in [0.05, 0.1) is 12.6 Å². The summed E-state index contributed by atoms with van der Waals surface area (Å²) >= 11 is 6.33. The smallest absolute Gasteiger partial charge is 0.240 e. The Hall–Kier alpha value is -1.14. The van der Waals surface area contributed by atoms with E-state index in [2.05, 4.69) is 17.3 Å². The molecule has 0 aromatic heterocycles. The van der Waals surface area contributed by atoms with Crippen molar-refractivity contribution in [3.8, 4) is 0 Å². The maximum absolute atomic E-state index is 13.4. The van der Waals surface area contributed by atoms with E-state index in [0.717, 1.165) is 44.5 Å². The lowest BCUT2D eigenvalue weighted by Crippen LogP contribution is -2.45. The van der Waals surface area contributed by atoms with Crippen molar-refractivity contribution in [3.63, 3.8) is 0 Å². The lowest BCUT2D eigenvalue weighted by Gasteiger charge is -2.33. The highest BCUT2D eigenvalue weighted by Gasteiger charge is 2.46. The molecule has 3 rings (SSSR count). The normalized spacial score (nSPS) is 22.7. The van der Waals surface area contributed by atoms with Crippen LogP contribution in [0.25, 0.3) is 0 Å². The molecular weight excluding hydrogens is 350 g/mol. The highest BCUT2D eigenvalue weighted by atomic mass is 35.5. The second-order valence-corrected chi connectivity index (χ2v) is 8.14. The minimum atomic E-state index is -0.0487. The molecule has 0 bridgehead atoms. The van der Waals surface area contributed by atoms with E-state index in [0.29, 0.717) is 24.7 Å². The molecule has 1 unspecified atom stereocenters. The molecule has 2 fully saturated rings. The Morgan fingerprint density at radius 2 is 2.12 bits per heavy atom. The van der Waals surface area contributed by atoms with Crippen LogP contribution < -0.4 is 5.32 Å². The monoisotopic (exact) mass is 379 g/mol.